The van der Waals surface area contributed by atoms with Gasteiger partial charge in [-0.1, -0.05) is 6.07 Å². The van der Waals surface area contributed by atoms with E-state index < -0.39 is 54.3 Å². The quantitative estimate of drug-likeness (QED) is 0.323. The highest BCUT2D eigenvalue weighted by Gasteiger charge is 2.36. The van der Waals surface area contributed by atoms with E-state index in [0.29, 0.717) is 10.9 Å². The van der Waals surface area contributed by atoms with Crippen molar-refractivity contribution in [2.45, 2.75) is 32.7 Å². The molecule has 2 fully saturated rings. The van der Waals surface area contributed by atoms with Crippen molar-refractivity contribution in [1.82, 2.24) is 25.0 Å². The molecule has 0 bridgehead atoms. The Kier molecular flexibility index (Phi) is 10.2. The molecule has 1 aromatic carbocycles. The molecule has 0 aliphatic carbocycles. The fourth-order valence-corrected chi connectivity index (χ4v) is 4.91. The molecule has 2 aliphatic rings. The Morgan fingerprint density at radius 1 is 1.00 bits per heavy atom. The number of nitrogens with one attached hydrogen (secondary N) is 1. The van der Waals surface area contributed by atoms with E-state index in [4.69, 9.17) is 14.6 Å². The van der Waals surface area contributed by atoms with Gasteiger partial charge >= 0.3 is 18.0 Å². The van der Waals surface area contributed by atoms with Crippen LogP contribution in [-0.2, 0) is 23.9 Å². The maximum atomic E-state index is 13.4. The SMILES string of the molecule is CCOC(=O)N1CCN(C(=O)C(CCC(=O)O)NC(=O)c2cc(OCC(=O)N3CC(C(=O)O)C3)c3ccc(C)cc3n2)CC1. The van der Waals surface area contributed by atoms with Crippen LogP contribution in [0.1, 0.15) is 35.8 Å². The summed E-state index contributed by atoms with van der Waals surface area (Å²) in [6, 6.07) is 5.44. The number of rotatable bonds is 11. The van der Waals surface area contributed by atoms with E-state index in [1.165, 1.54) is 20.8 Å². The average molecular weight is 614 g/mol. The van der Waals surface area contributed by atoms with Crippen molar-refractivity contribution in [3.05, 3.63) is 35.5 Å². The zero-order chi connectivity index (χ0) is 32.0. The average Bonchev–Trinajstić information content (AvgIpc) is 2.96. The Morgan fingerprint density at radius 2 is 1.68 bits per heavy atom. The van der Waals surface area contributed by atoms with E-state index in [1.54, 1.807) is 19.1 Å². The van der Waals surface area contributed by atoms with Crippen LogP contribution in [0.3, 0.4) is 0 Å². The number of ether oxygens (including phenoxy) is 2. The molecule has 0 saturated carbocycles. The summed E-state index contributed by atoms with van der Waals surface area (Å²) >= 11 is 0. The molecule has 44 heavy (non-hydrogen) atoms. The van der Waals surface area contributed by atoms with Crippen LogP contribution in [-0.4, -0.2) is 124 Å². The topological polar surface area (TPSA) is 196 Å². The van der Waals surface area contributed by atoms with Crippen molar-refractivity contribution in [2.75, 3.05) is 52.5 Å². The molecule has 1 unspecified atom stereocenters. The minimum absolute atomic E-state index is 0.0884. The van der Waals surface area contributed by atoms with Crippen molar-refractivity contribution < 1.29 is 48.5 Å². The number of fused-ring (bicyclic) bond motifs is 1. The third-order valence-corrected chi connectivity index (χ3v) is 7.46. The lowest BCUT2D eigenvalue weighted by Crippen LogP contribution is -2.56. The van der Waals surface area contributed by atoms with Gasteiger partial charge in [-0.15, -0.1) is 0 Å². The summed E-state index contributed by atoms with van der Waals surface area (Å²) in [4.78, 5) is 82.5. The van der Waals surface area contributed by atoms with Crippen LogP contribution in [0.5, 0.6) is 5.75 Å². The van der Waals surface area contributed by atoms with E-state index in [0.717, 1.165) is 5.56 Å². The van der Waals surface area contributed by atoms with Crippen molar-refractivity contribution in [2.24, 2.45) is 5.92 Å². The van der Waals surface area contributed by atoms with Gasteiger partial charge in [0.25, 0.3) is 11.8 Å². The molecule has 236 valence electrons. The summed E-state index contributed by atoms with van der Waals surface area (Å²) in [5.41, 5.74) is 1.14. The van der Waals surface area contributed by atoms with Crippen molar-refractivity contribution in [3.63, 3.8) is 0 Å². The monoisotopic (exact) mass is 613 g/mol. The number of carbonyl (C=O) groups is 6. The molecule has 3 N–H and O–H groups in total. The number of benzene rings is 1. The van der Waals surface area contributed by atoms with Gasteiger partial charge < -0.3 is 39.7 Å². The van der Waals surface area contributed by atoms with Crippen LogP contribution in [0.2, 0.25) is 0 Å². The molecular weight excluding hydrogens is 578 g/mol. The minimum atomic E-state index is -1.18. The lowest BCUT2D eigenvalue weighted by molar-refractivity contribution is -0.153. The van der Waals surface area contributed by atoms with Gasteiger partial charge in [0.2, 0.25) is 5.91 Å². The summed E-state index contributed by atoms with van der Waals surface area (Å²) in [6.45, 7) is 4.35. The van der Waals surface area contributed by atoms with Crippen LogP contribution < -0.4 is 10.1 Å². The summed E-state index contributed by atoms with van der Waals surface area (Å²) in [5, 5.41) is 21.5. The van der Waals surface area contributed by atoms with Gasteiger partial charge in [0.15, 0.2) is 6.61 Å². The summed E-state index contributed by atoms with van der Waals surface area (Å²) < 4.78 is 10.8. The molecule has 1 aromatic heterocycles. The Labute approximate surface area is 252 Å². The Bertz CT molecular complexity index is 1450. The molecule has 2 aromatic rings. The largest absolute Gasteiger partial charge is 0.483 e. The number of hydrogen-bond donors (Lipinski definition) is 3. The van der Waals surface area contributed by atoms with Gasteiger partial charge in [0, 0.05) is 57.1 Å². The van der Waals surface area contributed by atoms with Crippen LogP contribution in [0.25, 0.3) is 10.9 Å². The number of aromatic nitrogens is 1. The van der Waals surface area contributed by atoms with Crippen LogP contribution >= 0.6 is 0 Å². The third-order valence-electron chi connectivity index (χ3n) is 7.46. The van der Waals surface area contributed by atoms with Gasteiger partial charge in [-0.05, 0) is 38.0 Å². The lowest BCUT2D eigenvalue weighted by Gasteiger charge is -2.36. The molecule has 4 rings (SSSR count). The number of aryl methyl sites for hydroxylation is 1. The second kappa shape index (κ2) is 14.0. The molecule has 2 aliphatic heterocycles. The summed E-state index contributed by atoms with van der Waals surface area (Å²) in [7, 11) is 0. The third kappa shape index (κ3) is 7.71. The normalized spacial score (nSPS) is 15.7. The van der Waals surface area contributed by atoms with Crippen molar-refractivity contribution in [3.8, 4) is 5.75 Å². The molecule has 4 amide bonds. The zero-order valence-corrected chi connectivity index (χ0v) is 24.5. The molecule has 1 atom stereocenters. The summed E-state index contributed by atoms with van der Waals surface area (Å²) in [6.07, 6.45) is -1.03. The molecule has 0 radical (unpaired) electrons. The first-order valence-electron chi connectivity index (χ1n) is 14.2. The molecule has 15 heteroatoms. The standard InChI is InChI=1S/C29H35N5O10/c1-3-43-29(42)33-10-8-32(9-11-33)27(39)20(6-7-25(36)37)31-26(38)22-13-23(19-5-4-17(2)12-21(19)30-22)44-16-24(35)34-14-18(15-34)28(40)41/h4-5,12-13,18,20H,3,6-11,14-16H2,1-2H3,(H,31,38)(H,36,37)(H,40,41). The number of nitrogens with zero attached hydrogens (tertiary/aromatic N) is 4. The van der Waals surface area contributed by atoms with E-state index in [1.807, 2.05) is 13.0 Å². The molecule has 15 nitrogen and oxygen atoms in total. The first-order valence-corrected chi connectivity index (χ1v) is 14.2. The number of aliphatic carboxylic acids is 2. The fraction of sp³-hybridized carbons (Fsp3) is 0.483. The second-order valence-corrected chi connectivity index (χ2v) is 10.6. The molecule has 0 spiro atoms. The second-order valence-electron chi connectivity index (χ2n) is 10.6. The first kappa shape index (κ1) is 32.0. The van der Waals surface area contributed by atoms with Crippen molar-refractivity contribution in [1.29, 1.82) is 0 Å². The maximum absolute atomic E-state index is 13.4. The van der Waals surface area contributed by atoms with Crippen molar-refractivity contribution >= 4 is 46.7 Å². The Balaban J connectivity index is 1.49. The first-order chi connectivity index (χ1) is 21.0. The van der Waals surface area contributed by atoms with Gasteiger partial charge in [0.1, 0.15) is 17.5 Å². The van der Waals surface area contributed by atoms with Gasteiger partial charge in [0.05, 0.1) is 18.0 Å². The molecular formula is C29H35N5O10. The van der Waals surface area contributed by atoms with Gasteiger partial charge in [-0.25, -0.2) is 9.78 Å². The predicted molar refractivity (Wildman–Crippen MR) is 153 cm³/mol. The van der Waals surface area contributed by atoms with Crippen LogP contribution in [0.4, 0.5) is 4.79 Å². The Hall–Kier alpha value is -4.95. The molecule has 2 saturated heterocycles. The number of pyridine rings is 1. The molecule has 3 heterocycles. The highest BCUT2D eigenvalue weighted by molar-refractivity contribution is 5.99. The van der Waals surface area contributed by atoms with E-state index in [2.05, 4.69) is 10.3 Å². The van der Waals surface area contributed by atoms with E-state index in [9.17, 15) is 33.9 Å². The number of likely N-dealkylation sites (tertiary alicyclic amines) is 1. The highest BCUT2D eigenvalue weighted by atomic mass is 16.6. The van der Waals surface area contributed by atoms with Crippen LogP contribution in [0.15, 0.2) is 24.3 Å². The minimum Gasteiger partial charge on any atom is -0.483 e. The smallest absolute Gasteiger partial charge is 0.409 e. The Morgan fingerprint density at radius 3 is 2.32 bits per heavy atom. The maximum Gasteiger partial charge on any atom is 0.409 e. The lowest BCUT2D eigenvalue weighted by atomic mass is 10.0. The highest BCUT2D eigenvalue weighted by Crippen LogP contribution is 2.27. The summed E-state index contributed by atoms with van der Waals surface area (Å²) in [5.74, 6) is -4.18. The van der Waals surface area contributed by atoms with Gasteiger partial charge in [-0.2, -0.15) is 0 Å². The predicted octanol–water partition coefficient (Wildman–Crippen LogP) is 0.729. The number of carboxylic acid groups (broad SMARTS) is 2. The number of hydrogen-bond acceptors (Lipinski definition) is 9. The number of amides is 4. The fourth-order valence-electron chi connectivity index (χ4n) is 4.91. The number of piperazine rings is 1. The van der Waals surface area contributed by atoms with E-state index >= 15 is 0 Å². The van der Waals surface area contributed by atoms with E-state index in [-0.39, 0.29) is 70.2 Å². The zero-order valence-electron chi connectivity index (χ0n) is 24.5. The van der Waals surface area contributed by atoms with Gasteiger partial charge in [-0.3, -0.25) is 24.0 Å². The van der Waals surface area contributed by atoms with Crippen LogP contribution in [0, 0.1) is 12.8 Å². The number of carboxylic acids is 2. The number of carbonyl (C=O) groups excluding carboxylic acids is 4.